The molecule has 3 aromatic heterocycles. The largest absolute Gasteiger partial charge is 0.281 e. The number of aromatic amines is 1. The molecule has 0 atom stereocenters. The van der Waals surface area contributed by atoms with Gasteiger partial charge in [-0.25, -0.2) is 0 Å². The summed E-state index contributed by atoms with van der Waals surface area (Å²) in [5.74, 6) is 0. The fourth-order valence-electron chi connectivity index (χ4n) is 5.13. The molecule has 5 aromatic rings. The van der Waals surface area contributed by atoms with Crippen LogP contribution in [0.4, 0.5) is 0 Å². The van der Waals surface area contributed by atoms with Crippen molar-refractivity contribution in [2.24, 2.45) is 0 Å². The number of hydrogen-bond acceptors (Lipinski definition) is 3. The van der Waals surface area contributed by atoms with Crippen molar-refractivity contribution in [3.05, 3.63) is 103 Å². The number of rotatable bonds is 3. The molecule has 6 rings (SSSR count). The van der Waals surface area contributed by atoms with Crippen molar-refractivity contribution < 1.29 is 0 Å². The second-order valence-corrected chi connectivity index (χ2v) is 13.5. The van der Waals surface area contributed by atoms with Crippen LogP contribution in [0, 0.1) is 0 Å². The van der Waals surface area contributed by atoms with Gasteiger partial charge in [0.05, 0.1) is 5.69 Å². The van der Waals surface area contributed by atoms with Crippen molar-refractivity contribution in [3.8, 4) is 22.5 Å². The zero-order chi connectivity index (χ0) is 23.3. The van der Waals surface area contributed by atoms with Gasteiger partial charge >= 0.3 is 0 Å². The predicted molar refractivity (Wildman–Crippen MR) is 141 cm³/mol. The van der Waals surface area contributed by atoms with E-state index in [1.54, 1.807) is 0 Å². The van der Waals surface area contributed by atoms with Gasteiger partial charge < -0.3 is 0 Å². The highest BCUT2D eigenvalue weighted by Gasteiger charge is 2.51. The Hall–Kier alpha value is -3.83. The lowest BCUT2D eigenvalue weighted by molar-refractivity contribution is 0.567. The monoisotopic (exact) mass is 458 g/mol. The Morgan fingerprint density at radius 3 is 1.94 bits per heavy atom. The van der Waals surface area contributed by atoms with Gasteiger partial charge in [0.1, 0.15) is 5.69 Å². The van der Waals surface area contributed by atoms with Gasteiger partial charge in [0.15, 0.2) is 0 Å². The van der Waals surface area contributed by atoms with E-state index in [0.29, 0.717) is 0 Å². The lowest BCUT2D eigenvalue weighted by atomic mass is 9.92. The Morgan fingerprint density at radius 2 is 1.32 bits per heavy atom. The molecule has 166 valence electrons. The van der Waals surface area contributed by atoms with E-state index in [9.17, 15) is 0 Å². The molecule has 0 spiro atoms. The first kappa shape index (κ1) is 20.8. The summed E-state index contributed by atoms with van der Waals surface area (Å²) < 4.78 is 0. The number of fused-ring (bicyclic) bond motifs is 3. The fourth-order valence-corrected chi connectivity index (χ4v) is 9.97. The molecule has 5 heteroatoms. The summed E-state index contributed by atoms with van der Waals surface area (Å²) in [4.78, 5) is 10.3. The van der Waals surface area contributed by atoms with Crippen molar-refractivity contribution in [1.82, 2.24) is 20.2 Å². The molecule has 1 aliphatic rings. The minimum atomic E-state index is -2.68. The Bertz CT molecular complexity index is 1450. The molecule has 1 N–H and O–H groups in total. The quantitative estimate of drug-likeness (QED) is 0.413. The van der Waals surface area contributed by atoms with E-state index in [1.807, 2.05) is 12.3 Å². The summed E-state index contributed by atoms with van der Waals surface area (Å²) in [7, 11) is -2.68. The van der Waals surface area contributed by atoms with Crippen LogP contribution in [0.3, 0.4) is 0 Å². The molecular formula is C29H26N4Si. The summed E-state index contributed by atoms with van der Waals surface area (Å²) in [6.45, 7) is 6.55. The van der Waals surface area contributed by atoms with Crippen LogP contribution in [0.2, 0.25) is 0 Å². The molecule has 0 saturated carbocycles. The molecular weight excluding hydrogens is 432 g/mol. The second-order valence-electron chi connectivity index (χ2n) is 9.88. The normalized spacial score (nSPS) is 14.0. The van der Waals surface area contributed by atoms with Crippen molar-refractivity contribution in [1.29, 1.82) is 0 Å². The molecule has 0 saturated heterocycles. The minimum Gasteiger partial charge on any atom is -0.281 e. The molecule has 4 nitrogen and oxygen atoms in total. The molecule has 0 amide bonds. The summed E-state index contributed by atoms with van der Waals surface area (Å²) in [6.07, 6.45) is 1.90. The van der Waals surface area contributed by atoms with Crippen LogP contribution < -0.4 is 21.0 Å². The number of benzene rings is 2. The van der Waals surface area contributed by atoms with Crippen LogP contribution in [0.1, 0.15) is 26.5 Å². The molecule has 0 bridgehead atoms. The summed E-state index contributed by atoms with van der Waals surface area (Å²) in [5, 5.41) is 12.7. The highest BCUT2D eigenvalue weighted by atomic mass is 28.3. The maximum atomic E-state index is 5.31. The third-order valence-electron chi connectivity index (χ3n) is 6.78. The molecule has 0 unspecified atom stereocenters. The number of hydrogen-bond donors (Lipinski definition) is 1. The molecule has 1 aliphatic heterocycles. The Kier molecular flexibility index (Phi) is 4.64. The van der Waals surface area contributed by atoms with E-state index in [0.717, 1.165) is 27.7 Å². The van der Waals surface area contributed by atoms with Gasteiger partial charge in [-0.1, -0.05) is 81.4 Å². The van der Waals surface area contributed by atoms with Crippen molar-refractivity contribution in [2.75, 3.05) is 0 Å². The predicted octanol–water partition coefficient (Wildman–Crippen LogP) is 3.52. The van der Waals surface area contributed by atoms with Gasteiger partial charge in [-0.05, 0) is 51.8 Å². The first-order valence-corrected chi connectivity index (χ1v) is 13.6. The zero-order valence-electron chi connectivity index (χ0n) is 19.6. The maximum absolute atomic E-state index is 5.31. The van der Waals surface area contributed by atoms with Crippen LogP contribution in [-0.2, 0) is 5.41 Å². The summed E-state index contributed by atoms with van der Waals surface area (Å²) in [5.41, 5.74) is 5.43. The standard InChI is InChI=1S/C29H26N4Si/c1-29(2,3)26-19-23(32-33-26)22-13-10-17-28(31-22)34(27-16-8-9-18-30-27)24-14-6-4-11-20(24)21-12-5-7-15-25(21)34/h4-19H,1-3H3,(H,32,33). The molecule has 0 fully saturated rings. The highest BCUT2D eigenvalue weighted by Crippen LogP contribution is 2.28. The van der Waals surface area contributed by atoms with Crippen LogP contribution in [0.25, 0.3) is 22.5 Å². The van der Waals surface area contributed by atoms with Crippen molar-refractivity contribution in [3.63, 3.8) is 0 Å². The lowest BCUT2D eigenvalue weighted by Crippen LogP contribution is -2.74. The van der Waals surface area contributed by atoms with E-state index in [2.05, 4.69) is 116 Å². The summed E-state index contributed by atoms with van der Waals surface area (Å²) >= 11 is 0. The van der Waals surface area contributed by atoms with Gasteiger partial charge in [-0.2, -0.15) is 5.10 Å². The highest BCUT2D eigenvalue weighted by molar-refractivity contribution is 7.21. The van der Waals surface area contributed by atoms with Gasteiger partial charge in [0.2, 0.25) is 8.07 Å². The van der Waals surface area contributed by atoms with E-state index >= 15 is 0 Å². The smallest absolute Gasteiger partial charge is 0.224 e. The van der Waals surface area contributed by atoms with Gasteiger partial charge in [0, 0.05) is 27.9 Å². The Balaban J connectivity index is 1.64. The first-order chi connectivity index (χ1) is 16.5. The Morgan fingerprint density at radius 1 is 0.676 bits per heavy atom. The maximum Gasteiger partial charge on any atom is 0.224 e. The van der Waals surface area contributed by atoms with Gasteiger partial charge in [0.25, 0.3) is 0 Å². The zero-order valence-corrected chi connectivity index (χ0v) is 20.6. The SMILES string of the molecule is CC(C)(C)c1cc(-c2cccc([Si]3(c4ccccn4)c4ccccc4-c4ccccc43)n2)n[nH]1. The molecule has 34 heavy (non-hydrogen) atoms. The number of nitrogens with one attached hydrogen (secondary N) is 1. The third-order valence-corrected chi connectivity index (χ3v) is 11.4. The fraction of sp³-hybridized carbons (Fsp3) is 0.138. The molecule has 2 aromatic carbocycles. The number of H-pyrrole nitrogens is 1. The number of aromatic nitrogens is 4. The number of pyridine rings is 2. The van der Waals surface area contributed by atoms with Gasteiger partial charge in [-0.3, -0.25) is 15.1 Å². The minimum absolute atomic E-state index is 0.00384. The third kappa shape index (κ3) is 3.01. The average molecular weight is 459 g/mol. The van der Waals surface area contributed by atoms with E-state index in [-0.39, 0.29) is 5.41 Å². The van der Waals surface area contributed by atoms with Crippen molar-refractivity contribution in [2.45, 2.75) is 26.2 Å². The van der Waals surface area contributed by atoms with Crippen LogP contribution in [0.15, 0.2) is 97.2 Å². The van der Waals surface area contributed by atoms with Crippen LogP contribution >= 0.6 is 0 Å². The van der Waals surface area contributed by atoms with Crippen molar-refractivity contribution >= 4 is 29.1 Å². The van der Waals surface area contributed by atoms with Crippen LogP contribution in [-0.4, -0.2) is 28.2 Å². The van der Waals surface area contributed by atoms with E-state index in [4.69, 9.17) is 9.97 Å². The van der Waals surface area contributed by atoms with E-state index < -0.39 is 8.07 Å². The van der Waals surface area contributed by atoms with Crippen LogP contribution in [0.5, 0.6) is 0 Å². The first-order valence-electron chi connectivity index (χ1n) is 11.6. The molecule has 0 radical (unpaired) electrons. The molecule has 4 heterocycles. The number of nitrogens with zero attached hydrogens (tertiary/aromatic N) is 3. The van der Waals surface area contributed by atoms with E-state index in [1.165, 1.54) is 21.5 Å². The second kappa shape index (κ2) is 7.60. The Labute approximate surface area is 200 Å². The van der Waals surface area contributed by atoms with Gasteiger partial charge in [-0.15, -0.1) is 0 Å². The molecule has 0 aliphatic carbocycles. The summed E-state index contributed by atoms with van der Waals surface area (Å²) in [6, 6.07) is 32.3. The average Bonchev–Trinajstić information content (AvgIpc) is 3.48. The topological polar surface area (TPSA) is 54.5 Å². The lowest BCUT2D eigenvalue weighted by Gasteiger charge is -2.29.